The summed E-state index contributed by atoms with van der Waals surface area (Å²) < 4.78 is 7.77. The van der Waals surface area contributed by atoms with Crippen LogP contribution in [0.5, 0.6) is 5.75 Å². The summed E-state index contributed by atoms with van der Waals surface area (Å²) >= 11 is 3.49. The molecule has 0 bridgehead atoms. The van der Waals surface area contributed by atoms with Gasteiger partial charge in [0.05, 0.1) is 7.11 Å². The quantitative estimate of drug-likeness (QED) is 0.248. The normalized spacial score (nSPS) is 15.6. The largest absolute Gasteiger partial charge is 0.497 e. The fraction of sp³-hybridized carbons (Fsp3) is 0.290. The third kappa shape index (κ3) is 4.46. The van der Waals surface area contributed by atoms with E-state index in [1.165, 1.54) is 25.7 Å². The summed E-state index contributed by atoms with van der Waals surface area (Å²) in [4.78, 5) is 4.70. The average Bonchev–Trinajstić information content (AvgIpc) is 3.57. The fourth-order valence-corrected chi connectivity index (χ4v) is 8.07. The monoisotopic (exact) mass is 513 g/mol. The zero-order valence-corrected chi connectivity index (χ0v) is 22.2. The number of hydrogen-bond acceptors (Lipinski definition) is 5. The van der Waals surface area contributed by atoms with Gasteiger partial charge in [0.15, 0.2) is 0 Å². The van der Waals surface area contributed by atoms with Crippen LogP contribution < -0.4 is 4.74 Å². The summed E-state index contributed by atoms with van der Waals surface area (Å²) in [6.07, 6.45) is 3.01. The molecular weight excluding hydrogens is 482 g/mol. The Hall–Kier alpha value is -2.70. The molecule has 1 aliphatic rings. The standard InChI is InChI=1S/C31H31NO2S2/c1-34-26-12-10-22(11-13-26)14-17-32-18-15-25(16-19-32)31(33,29-20-23-6-2-4-8-27(23)35-29)30-21-24-7-3-5-9-28(24)36-30/h2-13,20-21,25,33H,14-19H2,1H3. The van der Waals surface area contributed by atoms with Crippen LogP contribution in [-0.4, -0.2) is 36.8 Å². The molecule has 1 saturated heterocycles. The van der Waals surface area contributed by atoms with Gasteiger partial charge in [-0.15, -0.1) is 22.7 Å². The molecule has 1 fully saturated rings. The van der Waals surface area contributed by atoms with Gasteiger partial charge in [-0.3, -0.25) is 0 Å². The van der Waals surface area contributed by atoms with E-state index in [2.05, 4.69) is 77.7 Å². The number of ether oxygens (including phenoxy) is 1. The first kappa shape index (κ1) is 23.7. The Kier molecular flexibility index (Phi) is 6.57. The smallest absolute Gasteiger partial charge is 0.136 e. The van der Waals surface area contributed by atoms with Crippen molar-refractivity contribution in [2.45, 2.75) is 24.9 Å². The minimum atomic E-state index is -0.963. The Morgan fingerprint density at radius 3 is 1.92 bits per heavy atom. The Morgan fingerprint density at radius 1 is 0.833 bits per heavy atom. The van der Waals surface area contributed by atoms with E-state index in [-0.39, 0.29) is 5.92 Å². The van der Waals surface area contributed by atoms with Crippen molar-refractivity contribution < 1.29 is 9.84 Å². The number of thiophene rings is 2. The van der Waals surface area contributed by atoms with E-state index < -0.39 is 5.60 Å². The van der Waals surface area contributed by atoms with Crippen LogP contribution >= 0.6 is 22.7 Å². The SMILES string of the molecule is COc1ccc(CCN2CCC(C(O)(c3cc4ccccc4s3)c3cc4ccccc4s3)CC2)cc1. The number of fused-ring (bicyclic) bond motifs is 2. The van der Waals surface area contributed by atoms with Crippen molar-refractivity contribution >= 4 is 42.8 Å². The summed E-state index contributed by atoms with van der Waals surface area (Å²) in [6.45, 7) is 3.07. The predicted octanol–water partition coefficient (Wildman–Crippen LogP) is 7.32. The highest BCUT2D eigenvalue weighted by molar-refractivity contribution is 7.20. The number of piperidine rings is 1. The second-order valence-electron chi connectivity index (χ2n) is 9.78. The molecule has 0 aliphatic carbocycles. The molecule has 0 spiro atoms. The molecule has 3 aromatic carbocycles. The zero-order valence-electron chi connectivity index (χ0n) is 20.5. The molecule has 5 heteroatoms. The number of hydrogen-bond donors (Lipinski definition) is 1. The first-order chi connectivity index (χ1) is 17.6. The van der Waals surface area contributed by atoms with Crippen molar-refractivity contribution in [2.75, 3.05) is 26.7 Å². The Bertz CT molecular complexity index is 1320. The molecule has 184 valence electrons. The summed E-state index contributed by atoms with van der Waals surface area (Å²) in [5.41, 5.74) is 0.375. The molecular formula is C31H31NO2S2. The van der Waals surface area contributed by atoms with E-state index in [0.29, 0.717) is 0 Å². The summed E-state index contributed by atoms with van der Waals surface area (Å²) in [6, 6.07) is 29.8. The Morgan fingerprint density at radius 2 is 1.39 bits per heavy atom. The van der Waals surface area contributed by atoms with Crippen molar-refractivity contribution in [3.63, 3.8) is 0 Å². The maximum Gasteiger partial charge on any atom is 0.136 e. The molecule has 0 atom stereocenters. The lowest BCUT2D eigenvalue weighted by Gasteiger charge is -2.40. The van der Waals surface area contributed by atoms with Crippen LogP contribution in [0.4, 0.5) is 0 Å². The third-order valence-corrected chi connectivity index (χ3v) is 10.1. The first-order valence-electron chi connectivity index (χ1n) is 12.7. The van der Waals surface area contributed by atoms with Gasteiger partial charge in [0.25, 0.3) is 0 Å². The average molecular weight is 514 g/mol. The second-order valence-corrected chi connectivity index (χ2v) is 11.9. The van der Waals surface area contributed by atoms with Crippen LogP contribution in [0.1, 0.15) is 28.2 Å². The molecule has 0 unspecified atom stereocenters. The van der Waals surface area contributed by atoms with Crippen molar-refractivity contribution in [2.24, 2.45) is 5.92 Å². The van der Waals surface area contributed by atoms with E-state index in [9.17, 15) is 5.11 Å². The van der Waals surface area contributed by atoms with E-state index in [4.69, 9.17) is 4.74 Å². The number of rotatable bonds is 7. The van der Waals surface area contributed by atoms with E-state index in [0.717, 1.165) is 54.4 Å². The Balaban J connectivity index is 1.25. The highest BCUT2D eigenvalue weighted by Crippen LogP contribution is 2.49. The third-order valence-electron chi connectivity index (χ3n) is 7.66. The molecule has 5 aromatic rings. The van der Waals surface area contributed by atoms with Crippen molar-refractivity contribution in [3.05, 3.63) is 100 Å². The van der Waals surface area contributed by atoms with Crippen LogP contribution in [-0.2, 0) is 12.0 Å². The molecule has 3 nitrogen and oxygen atoms in total. The zero-order chi connectivity index (χ0) is 24.5. The van der Waals surface area contributed by atoms with Gasteiger partial charge in [-0.05, 0) is 85.1 Å². The number of aliphatic hydroxyl groups is 1. The summed E-state index contributed by atoms with van der Waals surface area (Å²) in [5.74, 6) is 1.09. The number of likely N-dealkylation sites (tertiary alicyclic amines) is 1. The lowest BCUT2D eigenvalue weighted by atomic mass is 9.78. The van der Waals surface area contributed by atoms with E-state index in [1.807, 2.05) is 12.1 Å². The summed E-state index contributed by atoms with van der Waals surface area (Å²) in [5, 5.41) is 15.0. The van der Waals surface area contributed by atoms with Crippen LogP contribution in [0.25, 0.3) is 20.2 Å². The molecule has 0 amide bonds. The van der Waals surface area contributed by atoms with E-state index in [1.54, 1.807) is 29.8 Å². The Labute approximate surface area is 220 Å². The molecule has 6 rings (SSSR count). The van der Waals surface area contributed by atoms with Gasteiger partial charge in [0.1, 0.15) is 11.4 Å². The molecule has 0 radical (unpaired) electrons. The maximum absolute atomic E-state index is 12.6. The number of nitrogens with zero attached hydrogens (tertiary/aromatic N) is 1. The van der Waals surface area contributed by atoms with Gasteiger partial charge in [-0.25, -0.2) is 0 Å². The van der Waals surface area contributed by atoms with Gasteiger partial charge in [0, 0.05) is 31.6 Å². The minimum absolute atomic E-state index is 0.191. The molecule has 1 aliphatic heterocycles. The fourth-order valence-electron chi connectivity index (χ4n) is 5.52. The molecule has 36 heavy (non-hydrogen) atoms. The second kappa shape index (κ2) is 9.98. The van der Waals surface area contributed by atoms with Crippen LogP contribution in [0.2, 0.25) is 0 Å². The van der Waals surface area contributed by atoms with Crippen LogP contribution in [0, 0.1) is 5.92 Å². The lowest BCUT2D eigenvalue weighted by Crippen LogP contribution is -2.44. The van der Waals surface area contributed by atoms with Gasteiger partial charge in [-0.2, -0.15) is 0 Å². The lowest BCUT2D eigenvalue weighted by molar-refractivity contribution is -0.00818. The summed E-state index contributed by atoms with van der Waals surface area (Å²) in [7, 11) is 1.71. The maximum atomic E-state index is 12.6. The van der Waals surface area contributed by atoms with Crippen molar-refractivity contribution in [3.8, 4) is 5.75 Å². The highest BCUT2D eigenvalue weighted by atomic mass is 32.1. The van der Waals surface area contributed by atoms with Gasteiger partial charge in [0.2, 0.25) is 0 Å². The number of benzene rings is 3. The van der Waals surface area contributed by atoms with Gasteiger partial charge in [-0.1, -0.05) is 48.5 Å². The minimum Gasteiger partial charge on any atom is -0.497 e. The van der Waals surface area contributed by atoms with Crippen LogP contribution in [0.3, 0.4) is 0 Å². The van der Waals surface area contributed by atoms with Crippen molar-refractivity contribution in [1.82, 2.24) is 4.90 Å². The van der Waals surface area contributed by atoms with Crippen molar-refractivity contribution in [1.29, 1.82) is 0 Å². The van der Waals surface area contributed by atoms with Gasteiger partial charge >= 0.3 is 0 Å². The van der Waals surface area contributed by atoms with Crippen LogP contribution in [0.15, 0.2) is 84.9 Å². The molecule has 3 heterocycles. The predicted molar refractivity (Wildman–Crippen MR) is 153 cm³/mol. The first-order valence-corrected chi connectivity index (χ1v) is 14.3. The molecule has 2 aromatic heterocycles. The van der Waals surface area contributed by atoms with Gasteiger partial charge < -0.3 is 14.7 Å². The number of methoxy groups -OCH3 is 1. The molecule has 0 saturated carbocycles. The topological polar surface area (TPSA) is 32.7 Å². The molecule has 1 N–H and O–H groups in total. The highest BCUT2D eigenvalue weighted by Gasteiger charge is 2.44. The van der Waals surface area contributed by atoms with E-state index >= 15 is 0 Å².